The molecule has 0 unspecified atom stereocenters. The predicted molar refractivity (Wildman–Crippen MR) is 162 cm³/mol. The van der Waals surface area contributed by atoms with Gasteiger partial charge < -0.3 is 19.5 Å². The van der Waals surface area contributed by atoms with E-state index in [2.05, 4.69) is 5.32 Å². The first-order valence-electron chi connectivity index (χ1n) is 13.6. The summed E-state index contributed by atoms with van der Waals surface area (Å²) in [6.07, 6.45) is 2.49. The summed E-state index contributed by atoms with van der Waals surface area (Å²) in [5.41, 5.74) is 1.80. The predicted octanol–water partition coefficient (Wildman–Crippen LogP) is 5.64. The van der Waals surface area contributed by atoms with E-state index in [0.717, 1.165) is 17.7 Å². The van der Waals surface area contributed by atoms with E-state index in [0.29, 0.717) is 70.5 Å². The number of nitrogens with one attached hydrogen (secondary N) is 1. The van der Waals surface area contributed by atoms with Crippen LogP contribution in [0.4, 0.5) is 0 Å². The number of hydrogen-bond donors (Lipinski definition) is 1. The van der Waals surface area contributed by atoms with Crippen LogP contribution in [0.15, 0.2) is 70.6 Å². The third kappa shape index (κ3) is 7.24. The van der Waals surface area contributed by atoms with E-state index in [4.69, 9.17) is 30.8 Å². The van der Waals surface area contributed by atoms with Crippen molar-refractivity contribution in [2.24, 2.45) is 0 Å². The molecule has 5 rings (SSSR count). The molecular weight excluding hydrogens is 578 g/mol. The van der Waals surface area contributed by atoms with Gasteiger partial charge in [0.15, 0.2) is 22.4 Å². The number of aromatic nitrogens is 2. The van der Waals surface area contributed by atoms with Crippen LogP contribution >= 0.6 is 23.4 Å². The fourth-order valence-corrected chi connectivity index (χ4v) is 5.56. The molecule has 1 N–H and O–H groups in total. The summed E-state index contributed by atoms with van der Waals surface area (Å²) in [7, 11) is 1.61. The molecular formula is C31H30ClN3O6S. The van der Waals surface area contributed by atoms with Crippen molar-refractivity contribution in [3.8, 4) is 17.2 Å². The number of carbonyl (C=O) groups excluding carboxylic acids is 2. The molecule has 0 radical (unpaired) electrons. The topological polar surface area (TPSA) is 109 Å². The zero-order chi connectivity index (χ0) is 29.5. The van der Waals surface area contributed by atoms with Gasteiger partial charge in [0.1, 0.15) is 5.75 Å². The summed E-state index contributed by atoms with van der Waals surface area (Å²) in [5, 5.41) is 4.36. The lowest BCUT2D eigenvalue weighted by Crippen LogP contribution is -2.24. The highest BCUT2D eigenvalue weighted by Crippen LogP contribution is 2.35. The van der Waals surface area contributed by atoms with Crippen LogP contribution in [0.25, 0.3) is 10.9 Å². The fraction of sp³-hybridized carbons (Fsp3) is 0.290. The fourth-order valence-electron chi connectivity index (χ4n) is 4.51. The van der Waals surface area contributed by atoms with Gasteiger partial charge >= 0.3 is 0 Å². The van der Waals surface area contributed by atoms with Gasteiger partial charge in [-0.15, -0.1) is 0 Å². The van der Waals surface area contributed by atoms with Gasteiger partial charge in [-0.25, -0.2) is 4.98 Å². The van der Waals surface area contributed by atoms with Crippen molar-refractivity contribution in [1.29, 1.82) is 0 Å². The molecule has 0 fully saturated rings. The Morgan fingerprint density at radius 3 is 2.50 bits per heavy atom. The minimum atomic E-state index is -0.211. The number of benzene rings is 3. The number of unbranched alkanes of at least 4 members (excludes halogenated alkanes) is 2. The van der Waals surface area contributed by atoms with E-state index in [1.807, 2.05) is 24.3 Å². The van der Waals surface area contributed by atoms with E-state index in [1.54, 1.807) is 48.1 Å². The van der Waals surface area contributed by atoms with Gasteiger partial charge in [-0.05, 0) is 60.9 Å². The van der Waals surface area contributed by atoms with Crippen molar-refractivity contribution < 1.29 is 23.8 Å². The van der Waals surface area contributed by atoms with Crippen LogP contribution in [-0.4, -0.2) is 40.9 Å². The second kappa shape index (κ2) is 13.8. The number of Topliss-reactive ketones (excluding diaryl/α,β-unsaturated/α-hetero) is 1. The molecule has 0 bridgehead atoms. The Labute approximate surface area is 252 Å². The van der Waals surface area contributed by atoms with Gasteiger partial charge in [0.05, 0.1) is 23.8 Å². The van der Waals surface area contributed by atoms with Crippen molar-refractivity contribution in [2.45, 2.75) is 43.9 Å². The largest absolute Gasteiger partial charge is 0.497 e. The van der Waals surface area contributed by atoms with Crippen LogP contribution < -0.4 is 25.1 Å². The van der Waals surface area contributed by atoms with E-state index in [-0.39, 0.29) is 29.8 Å². The number of methoxy groups -OCH3 is 1. The quantitative estimate of drug-likeness (QED) is 0.0900. The lowest BCUT2D eigenvalue weighted by Gasteiger charge is -2.13. The molecule has 11 heteroatoms. The summed E-state index contributed by atoms with van der Waals surface area (Å²) >= 11 is 7.17. The summed E-state index contributed by atoms with van der Waals surface area (Å²) in [6.45, 7) is 0.945. The number of amides is 1. The summed E-state index contributed by atoms with van der Waals surface area (Å²) < 4.78 is 17.7. The molecule has 0 aliphatic carbocycles. The molecule has 1 aliphatic heterocycles. The number of rotatable bonds is 13. The number of ketones is 1. The first-order valence-corrected chi connectivity index (χ1v) is 14.9. The number of ether oxygens (including phenoxy) is 3. The van der Waals surface area contributed by atoms with Crippen LogP contribution in [-0.2, 0) is 17.9 Å². The van der Waals surface area contributed by atoms with Crippen molar-refractivity contribution in [3.05, 3.63) is 87.2 Å². The zero-order valence-electron chi connectivity index (χ0n) is 23.1. The van der Waals surface area contributed by atoms with E-state index < -0.39 is 0 Å². The van der Waals surface area contributed by atoms with Crippen LogP contribution in [0.5, 0.6) is 17.2 Å². The highest BCUT2D eigenvalue weighted by molar-refractivity contribution is 7.99. The Balaban J connectivity index is 1.21. The molecule has 0 spiro atoms. The zero-order valence-corrected chi connectivity index (χ0v) is 24.6. The van der Waals surface area contributed by atoms with Gasteiger partial charge in [0.2, 0.25) is 12.7 Å². The second-order valence-corrected chi connectivity index (χ2v) is 11.1. The van der Waals surface area contributed by atoms with Crippen LogP contribution in [0.1, 0.15) is 41.6 Å². The van der Waals surface area contributed by atoms with E-state index in [1.165, 1.54) is 11.8 Å². The average Bonchev–Trinajstić information content (AvgIpc) is 3.47. The number of carbonyl (C=O) groups is 2. The molecule has 1 amide bonds. The van der Waals surface area contributed by atoms with Crippen molar-refractivity contribution >= 4 is 46.0 Å². The van der Waals surface area contributed by atoms with Gasteiger partial charge in [0.25, 0.3) is 5.56 Å². The SMILES string of the molecule is COc1ccc(CNC(=O)CCCCCn2c(SCC(=O)c3ccc(Cl)cc3)nc3cc4c(cc3c2=O)OCO4)cc1. The summed E-state index contributed by atoms with van der Waals surface area (Å²) in [4.78, 5) is 43.5. The molecule has 1 aliphatic rings. The number of nitrogens with zero attached hydrogens (tertiary/aromatic N) is 2. The molecule has 0 saturated heterocycles. The third-order valence-electron chi connectivity index (χ3n) is 6.85. The number of fused-ring (bicyclic) bond motifs is 2. The first kappa shape index (κ1) is 29.5. The minimum Gasteiger partial charge on any atom is -0.497 e. The molecule has 42 heavy (non-hydrogen) atoms. The molecule has 2 heterocycles. The molecule has 1 aromatic heterocycles. The Kier molecular flexibility index (Phi) is 9.66. The molecule has 0 atom stereocenters. The average molecular weight is 608 g/mol. The summed E-state index contributed by atoms with van der Waals surface area (Å²) in [5.74, 6) is 1.80. The molecule has 0 saturated carbocycles. The highest BCUT2D eigenvalue weighted by Gasteiger charge is 2.20. The monoisotopic (exact) mass is 607 g/mol. The molecule has 4 aromatic rings. The van der Waals surface area contributed by atoms with Crippen LogP contribution in [0.2, 0.25) is 5.02 Å². The van der Waals surface area contributed by atoms with Gasteiger partial charge in [-0.2, -0.15) is 0 Å². The van der Waals surface area contributed by atoms with E-state index in [9.17, 15) is 14.4 Å². The number of hydrogen-bond acceptors (Lipinski definition) is 8. The molecule has 9 nitrogen and oxygen atoms in total. The third-order valence-corrected chi connectivity index (χ3v) is 8.07. The Morgan fingerprint density at radius 1 is 1.02 bits per heavy atom. The molecule has 3 aromatic carbocycles. The van der Waals surface area contributed by atoms with E-state index >= 15 is 0 Å². The van der Waals surface area contributed by atoms with Crippen molar-refractivity contribution in [1.82, 2.24) is 14.9 Å². The van der Waals surface area contributed by atoms with Gasteiger partial charge in [0, 0.05) is 36.2 Å². The summed E-state index contributed by atoms with van der Waals surface area (Å²) in [6, 6.07) is 17.6. The Hall–Kier alpha value is -4.02. The normalized spacial score (nSPS) is 12.0. The lowest BCUT2D eigenvalue weighted by molar-refractivity contribution is -0.121. The maximum atomic E-state index is 13.6. The highest BCUT2D eigenvalue weighted by atomic mass is 35.5. The maximum Gasteiger partial charge on any atom is 0.262 e. The molecule has 218 valence electrons. The second-order valence-electron chi connectivity index (χ2n) is 9.73. The lowest BCUT2D eigenvalue weighted by atomic mass is 10.1. The number of halogens is 1. The van der Waals surface area contributed by atoms with Crippen LogP contribution in [0, 0.1) is 0 Å². The van der Waals surface area contributed by atoms with Gasteiger partial charge in [-0.3, -0.25) is 19.0 Å². The van der Waals surface area contributed by atoms with Crippen LogP contribution in [0.3, 0.4) is 0 Å². The number of thioether (sulfide) groups is 1. The standard InChI is InChI=1S/C31H30ClN3O6S/c1-39-23-12-6-20(7-13-23)17-33-29(37)5-3-2-4-14-35-30(38)24-15-27-28(41-19-40-27)16-25(24)34-31(35)42-18-26(36)21-8-10-22(32)11-9-21/h6-13,15-16H,2-5,14,17-19H2,1H3,(H,33,37). The van der Waals surface area contributed by atoms with Crippen molar-refractivity contribution in [2.75, 3.05) is 19.7 Å². The first-order chi connectivity index (χ1) is 20.4. The Morgan fingerprint density at radius 2 is 1.76 bits per heavy atom. The smallest absolute Gasteiger partial charge is 0.262 e. The van der Waals surface area contributed by atoms with Crippen molar-refractivity contribution in [3.63, 3.8) is 0 Å². The maximum absolute atomic E-state index is 13.6. The minimum absolute atomic E-state index is 0.0246. The van der Waals surface area contributed by atoms with Gasteiger partial charge in [-0.1, -0.05) is 41.9 Å². The Bertz CT molecular complexity index is 1640.